The second-order valence-corrected chi connectivity index (χ2v) is 7.69. The largest absolute Gasteiger partial charge is 0.379 e. The highest BCUT2D eigenvalue weighted by molar-refractivity contribution is 7.18. The van der Waals surface area contributed by atoms with Crippen molar-refractivity contribution in [2.45, 2.75) is 20.8 Å². The van der Waals surface area contributed by atoms with Crippen molar-refractivity contribution in [3.63, 3.8) is 0 Å². The molecule has 3 aromatic rings. The second kappa shape index (κ2) is 11.6. The fourth-order valence-corrected chi connectivity index (χ4v) is 3.81. The first-order valence-electron chi connectivity index (χ1n) is 10.4. The first-order chi connectivity index (χ1) is 14.8. The Hall–Kier alpha value is -2.55. The van der Waals surface area contributed by atoms with Gasteiger partial charge in [-0.1, -0.05) is 31.3 Å². The average molecular weight is 427 g/mol. The molecule has 3 aromatic heterocycles. The predicted octanol–water partition coefficient (Wildman–Crippen LogP) is 4.42. The van der Waals surface area contributed by atoms with E-state index >= 15 is 0 Å². The fraction of sp³-hybridized carbons (Fsp3) is 0.409. The Bertz CT molecular complexity index is 910. The summed E-state index contributed by atoms with van der Waals surface area (Å²) in [6.07, 6.45) is 3.67. The molecule has 0 amide bonds. The first kappa shape index (κ1) is 22.1. The van der Waals surface area contributed by atoms with Crippen molar-refractivity contribution in [1.29, 1.82) is 0 Å². The van der Waals surface area contributed by atoms with Crippen molar-refractivity contribution in [2.75, 3.05) is 50.0 Å². The zero-order chi connectivity index (χ0) is 21.2. The Balaban J connectivity index is 0.00000124. The smallest absolute Gasteiger partial charge is 0.183 e. The van der Waals surface area contributed by atoms with Crippen LogP contribution in [0.2, 0.25) is 0 Å². The van der Waals surface area contributed by atoms with Gasteiger partial charge < -0.3 is 15.4 Å². The summed E-state index contributed by atoms with van der Waals surface area (Å²) in [5.74, 6) is 1.56. The van der Waals surface area contributed by atoms with Crippen molar-refractivity contribution < 1.29 is 4.74 Å². The van der Waals surface area contributed by atoms with E-state index in [1.165, 1.54) is 0 Å². The van der Waals surface area contributed by atoms with Crippen LogP contribution in [0.15, 0.2) is 42.7 Å². The summed E-state index contributed by atoms with van der Waals surface area (Å²) in [4.78, 5) is 17.0. The average Bonchev–Trinajstić information content (AvgIpc) is 3.25. The molecule has 0 bridgehead atoms. The number of hydrogen-bond donors (Lipinski definition) is 2. The molecular weight excluding hydrogens is 396 g/mol. The third kappa shape index (κ3) is 6.48. The zero-order valence-electron chi connectivity index (χ0n) is 17.9. The molecule has 160 valence electrons. The van der Waals surface area contributed by atoms with E-state index in [0.717, 1.165) is 72.3 Å². The minimum absolute atomic E-state index is 0.769. The molecule has 0 spiro atoms. The maximum absolute atomic E-state index is 5.38. The lowest BCUT2D eigenvalue weighted by Gasteiger charge is -2.26. The summed E-state index contributed by atoms with van der Waals surface area (Å²) < 4.78 is 5.38. The van der Waals surface area contributed by atoms with Crippen LogP contribution in [0, 0.1) is 6.92 Å². The molecule has 2 N–H and O–H groups in total. The minimum atomic E-state index is 0.769. The first-order valence-corrected chi connectivity index (χ1v) is 11.2. The summed E-state index contributed by atoms with van der Waals surface area (Å²) in [6, 6.07) is 9.90. The number of nitrogens with one attached hydrogen (secondary N) is 2. The van der Waals surface area contributed by atoms with E-state index in [4.69, 9.17) is 9.72 Å². The number of ether oxygens (including phenoxy) is 1. The molecule has 1 aliphatic rings. The van der Waals surface area contributed by atoms with Crippen LogP contribution in [-0.2, 0) is 4.74 Å². The van der Waals surface area contributed by atoms with Gasteiger partial charge in [0.1, 0.15) is 11.6 Å². The van der Waals surface area contributed by atoms with Gasteiger partial charge in [0.2, 0.25) is 0 Å². The third-order valence-corrected chi connectivity index (χ3v) is 5.46. The molecule has 0 aliphatic carbocycles. The number of morpholine rings is 1. The predicted molar refractivity (Wildman–Crippen MR) is 125 cm³/mol. The quantitative estimate of drug-likeness (QED) is 0.579. The number of anilines is 3. The molecule has 7 nitrogen and oxygen atoms in total. The minimum Gasteiger partial charge on any atom is -0.379 e. The van der Waals surface area contributed by atoms with Crippen molar-refractivity contribution in [1.82, 2.24) is 19.9 Å². The zero-order valence-corrected chi connectivity index (χ0v) is 18.7. The molecule has 1 fully saturated rings. The maximum atomic E-state index is 5.38. The van der Waals surface area contributed by atoms with E-state index in [0.29, 0.717) is 0 Å². The Morgan fingerprint density at radius 3 is 2.73 bits per heavy atom. The van der Waals surface area contributed by atoms with Gasteiger partial charge in [0.15, 0.2) is 5.13 Å². The molecule has 1 aliphatic heterocycles. The van der Waals surface area contributed by atoms with Gasteiger partial charge in [-0.05, 0) is 36.8 Å². The van der Waals surface area contributed by atoms with Crippen molar-refractivity contribution >= 4 is 28.1 Å². The molecule has 4 rings (SSSR count). The number of pyridine rings is 2. The van der Waals surface area contributed by atoms with E-state index < -0.39 is 0 Å². The summed E-state index contributed by atoms with van der Waals surface area (Å²) in [5.41, 5.74) is 2.06. The molecule has 0 unspecified atom stereocenters. The molecule has 4 heterocycles. The molecule has 0 aromatic carbocycles. The molecule has 1 saturated heterocycles. The lowest BCUT2D eigenvalue weighted by Crippen LogP contribution is -2.38. The van der Waals surface area contributed by atoms with Crippen molar-refractivity contribution in [3.8, 4) is 10.6 Å². The Morgan fingerprint density at radius 2 is 1.93 bits per heavy atom. The maximum Gasteiger partial charge on any atom is 0.183 e. The van der Waals surface area contributed by atoms with Gasteiger partial charge in [-0.15, -0.1) is 0 Å². The number of aromatic nitrogens is 3. The highest BCUT2D eigenvalue weighted by atomic mass is 32.1. The second-order valence-electron chi connectivity index (χ2n) is 6.66. The van der Waals surface area contributed by atoms with Gasteiger partial charge in [-0.25, -0.2) is 15.0 Å². The van der Waals surface area contributed by atoms with E-state index in [1.54, 1.807) is 17.5 Å². The highest BCUT2D eigenvalue weighted by Crippen LogP contribution is 2.28. The van der Waals surface area contributed by atoms with Gasteiger partial charge in [-0.3, -0.25) is 4.90 Å². The monoisotopic (exact) mass is 426 g/mol. The summed E-state index contributed by atoms with van der Waals surface area (Å²) in [5, 5.41) is 7.60. The Labute approximate surface area is 182 Å². The normalized spacial score (nSPS) is 14.0. The molecule has 0 atom stereocenters. The molecular formula is C22H30N6OS. The number of hydrogen-bond acceptors (Lipinski definition) is 8. The molecule has 0 radical (unpaired) electrons. The standard InChI is InChI=1S/C20H24N6OS.C2H6/c1-15-5-6-21-19(13-15)25-18-4-2-3-16(24-18)17-14-23-20(28-17)22-7-8-26-9-11-27-12-10-26;1-2/h2-6,13-14H,7-12H2,1H3,(H,22,23)(H,21,24,25);1-2H3. The molecule has 0 saturated carbocycles. The van der Waals surface area contributed by atoms with Crippen LogP contribution in [0.4, 0.5) is 16.8 Å². The van der Waals surface area contributed by atoms with Gasteiger partial charge in [0, 0.05) is 38.6 Å². The highest BCUT2D eigenvalue weighted by Gasteiger charge is 2.11. The van der Waals surface area contributed by atoms with Crippen LogP contribution in [0.25, 0.3) is 10.6 Å². The Morgan fingerprint density at radius 1 is 1.10 bits per heavy atom. The molecule has 30 heavy (non-hydrogen) atoms. The van der Waals surface area contributed by atoms with Gasteiger partial charge in [-0.2, -0.15) is 0 Å². The van der Waals surface area contributed by atoms with Crippen LogP contribution in [0.1, 0.15) is 19.4 Å². The number of aryl methyl sites for hydroxylation is 1. The van der Waals surface area contributed by atoms with E-state index in [1.807, 2.05) is 57.3 Å². The number of nitrogens with zero attached hydrogens (tertiary/aromatic N) is 4. The number of rotatable bonds is 7. The Kier molecular flexibility index (Phi) is 8.55. The van der Waals surface area contributed by atoms with Crippen molar-refractivity contribution in [3.05, 3.63) is 48.3 Å². The van der Waals surface area contributed by atoms with Crippen LogP contribution in [0.5, 0.6) is 0 Å². The van der Waals surface area contributed by atoms with Gasteiger partial charge in [0.05, 0.1) is 23.8 Å². The SMILES string of the molecule is CC.Cc1ccnc(Nc2cccc(-c3cnc(NCCN4CCOCC4)s3)n2)c1. The van der Waals surface area contributed by atoms with Gasteiger partial charge in [0.25, 0.3) is 0 Å². The fourth-order valence-electron chi connectivity index (χ4n) is 3.00. The van der Waals surface area contributed by atoms with E-state index in [-0.39, 0.29) is 0 Å². The van der Waals surface area contributed by atoms with E-state index in [2.05, 4.69) is 25.5 Å². The van der Waals surface area contributed by atoms with Crippen LogP contribution in [0.3, 0.4) is 0 Å². The molecule has 8 heteroatoms. The lowest BCUT2D eigenvalue weighted by atomic mass is 10.3. The topological polar surface area (TPSA) is 75.2 Å². The summed E-state index contributed by atoms with van der Waals surface area (Å²) in [7, 11) is 0. The number of thiazole rings is 1. The van der Waals surface area contributed by atoms with Crippen LogP contribution < -0.4 is 10.6 Å². The lowest BCUT2D eigenvalue weighted by molar-refractivity contribution is 0.0398. The van der Waals surface area contributed by atoms with Crippen LogP contribution >= 0.6 is 11.3 Å². The summed E-state index contributed by atoms with van der Waals surface area (Å²) in [6.45, 7) is 11.6. The van der Waals surface area contributed by atoms with Crippen LogP contribution in [-0.4, -0.2) is 59.2 Å². The van der Waals surface area contributed by atoms with Crippen molar-refractivity contribution in [2.24, 2.45) is 0 Å². The van der Waals surface area contributed by atoms with E-state index in [9.17, 15) is 0 Å². The van der Waals surface area contributed by atoms with Gasteiger partial charge >= 0.3 is 0 Å². The third-order valence-electron chi connectivity index (χ3n) is 4.49. The summed E-state index contributed by atoms with van der Waals surface area (Å²) >= 11 is 1.62.